The van der Waals surface area contributed by atoms with E-state index in [1.807, 2.05) is 20.8 Å². The maximum atomic E-state index is 12.8. The van der Waals surface area contributed by atoms with E-state index in [1.165, 1.54) is 45.6 Å². The third kappa shape index (κ3) is 6.12. The van der Waals surface area contributed by atoms with Crippen molar-refractivity contribution in [3.05, 3.63) is 35.4 Å². The van der Waals surface area contributed by atoms with Gasteiger partial charge in [0, 0.05) is 11.1 Å². The molecule has 33 heavy (non-hydrogen) atoms. The van der Waals surface area contributed by atoms with Gasteiger partial charge in [-0.05, 0) is 45.0 Å². The fourth-order valence-corrected chi connectivity index (χ4v) is 2.99. The van der Waals surface area contributed by atoms with Crippen LogP contribution in [0.5, 0.6) is 34.5 Å². The quantitative estimate of drug-likeness (QED) is 0.490. The van der Waals surface area contributed by atoms with Gasteiger partial charge in [-0.15, -0.1) is 0 Å². The molecule has 0 aliphatic rings. The lowest BCUT2D eigenvalue weighted by atomic mass is 10.1. The van der Waals surface area contributed by atoms with Crippen molar-refractivity contribution in [1.82, 2.24) is 10.9 Å². The van der Waals surface area contributed by atoms with Crippen LogP contribution in [0.25, 0.3) is 0 Å². The number of ether oxygens (including phenoxy) is 6. The Kier molecular flexibility index (Phi) is 9.46. The normalized spacial score (nSPS) is 10.1. The molecule has 0 spiro atoms. The van der Waals surface area contributed by atoms with Gasteiger partial charge in [0.15, 0.2) is 23.0 Å². The molecule has 2 amide bonds. The second-order valence-corrected chi connectivity index (χ2v) is 6.42. The number of carbonyl (C=O) groups excluding carboxylic acids is 2. The first-order valence-corrected chi connectivity index (χ1v) is 10.4. The Bertz CT molecular complexity index is 925. The lowest BCUT2D eigenvalue weighted by Crippen LogP contribution is -2.41. The summed E-state index contributed by atoms with van der Waals surface area (Å²) in [5.41, 5.74) is 5.18. The van der Waals surface area contributed by atoms with Gasteiger partial charge in [0.2, 0.25) is 11.5 Å². The summed E-state index contributed by atoms with van der Waals surface area (Å²) >= 11 is 0. The van der Waals surface area contributed by atoms with E-state index in [9.17, 15) is 9.59 Å². The van der Waals surface area contributed by atoms with Crippen LogP contribution in [0.1, 0.15) is 41.5 Å². The molecule has 2 aromatic rings. The number of methoxy groups -OCH3 is 3. The molecule has 0 saturated carbocycles. The van der Waals surface area contributed by atoms with Gasteiger partial charge in [-0.1, -0.05) is 0 Å². The Balaban J connectivity index is 2.25. The van der Waals surface area contributed by atoms with E-state index in [2.05, 4.69) is 10.9 Å². The minimum absolute atomic E-state index is 0.196. The van der Waals surface area contributed by atoms with Gasteiger partial charge in [0.1, 0.15) is 0 Å². The average Bonchev–Trinajstić information content (AvgIpc) is 2.83. The second-order valence-electron chi connectivity index (χ2n) is 6.42. The molecule has 0 bridgehead atoms. The van der Waals surface area contributed by atoms with Gasteiger partial charge in [-0.25, -0.2) is 0 Å². The predicted molar refractivity (Wildman–Crippen MR) is 121 cm³/mol. The predicted octanol–water partition coefficient (Wildman–Crippen LogP) is 2.98. The number of benzene rings is 2. The van der Waals surface area contributed by atoms with Crippen LogP contribution >= 0.6 is 0 Å². The standard InChI is InChI=1S/C23H30N2O8/c1-7-31-18-12-15(13-19(32-8-2)21(18)33-9-3)23(27)25-24-22(26)14-10-16(28-4)20(30-6)17(11-14)29-5/h10-13H,7-9H2,1-6H3,(H,24,26)(H,25,27). The van der Waals surface area contributed by atoms with E-state index >= 15 is 0 Å². The molecule has 2 aromatic carbocycles. The summed E-state index contributed by atoms with van der Waals surface area (Å²) in [6.07, 6.45) is 0. The van der Waals surface area contributed by atoms with E-state index in [4.69, 9.17) is 28.4 Å². The Morgan fingerprint density at radius 2 is 1.00 bits per heavy atom. The van der Waals surface area contributed by atoms with Crippen LogP contribution in [0.4, 0.5) is 0 Å². The highest BCUT2D eigenvalue weighted by Crippen LogP contribution is 2.39. The van der Waals surface area contributed by atoms with Crippen LogP contribution in [-0.4, -0.2) is 53.0 Å². The van der Waals surface area contributed by atoms with Crippen LogP contribution in [0.15, 0.2) is 24.3 Å². The molecule has 2 N–H and O–H groups in total. The molecule has 0 radical (unpaired) electrons. The highest BCUT2D eigenvalue weighted by molar-refractivity contribution is 6.00. The lowest BCUT2D eigenvalue weighted by molar-refractivity contribution is 0.0846. The zero-order valence-electron chi connectivity index (χ0n) is 19.7. The molecular weight excluding hydrogens is 432 g/mol. The molecule has 10 nitrogen and oxygen atoms in total. The monoisotopic (exact) mass is 462 g/mol. The first-order valence-electron chi connectivity index (χ1n) is 10.4. The van der Waals surface area contributed by atoms with Gasteiger partial charge in [-0.2, -0.15) is 0 Å². The van der Waals surface area contributed by atoms with Gasteiger partial charge in [0.05, 0.1) is 41.2 Å². The summed E-state index contributed by atoms with van der Waals surface area (Å²) in [6, 6.07) is 6.00. The van der Waals surface area contributed by atoms with E-state index in [0.29, 0.717) is 54.3 Å². The van der Waals surface area contributed by atoms with E-state index in [1.54, 1.807) is 0 Å². The molecule has 10 heteroatoms. The molecule has 0 aliphatic carbocycles. The molecule has 2 rings (SSSR count). The SMILES string of the molecule is CCOc1cc(C(=O)NNC(=O)c2cc(OC)c(OC)c(OC)c2)cc(OCC)c1OCC. The van der Waals surface area contributed by atoms with Crippen LogP contribution < -0.4 is 39.3 Å². The van der Waals surface area contributed by atoms with E-state index < -0.39 is 11.8 Å². The number of amides is 2. The lowest BCUT2D eigenvalue weighted by Gasteiger charge is -2.17. The van der Waals surface area contributed by atoms with Crippen molar-refractivity contribution in [3.8, 4) is 34.5 Å². The number of rotatable bonds is 11. The summed E-state index contributed by atoms with van der Waals surface area (Å²) in [5.74, 6) is 0.966. The second kappa shape index (κ2) is 12.3. The third-order valence-corrected chi connectivity index (χ3v) is 4.39. The van der Waals surface area contributed by atoms with Crippen LogP contribution in [0.3, 0.4) is 0 Å². The third-order valence-electron chi connectivity index (χ3n) is 4.39. The van der Waals surface area contributed by atoms with Crippen molar-refractivity contribution in [2.24, 2.45) is 0 Å². The maximum absolute atomic E-state index is 12.8. The smallest absolute Gasteiger partial charge is 0.269 e. The number of hydrogen-bond acceptors (Lipinski definition) is 8. The summed E-state index contributed by atoms with van der Waals surface area (Å²) in [5, 5.41) is 0. The molecule has 0 unspecified atom stereocenters. The minimum Gasteiger partial charge on any atom is -0.493 e. The number of carbonyl (C=O) groups is 2. The number of nitrogens with one attached hydrogen (secondary N) is 2. The first kappa shape index (κ1) is 25.4. The summed E-state index contributed by atoms with van der Waals surface area (Å²) in [4.78, 5) is 25.4. The molecule has 0 aromatic heterocycles. The van der Waals surface area contributed by atoms with Gasteiger partial charge < -0.3 is 28.4 Å². The Morgan fingerprint density at radius 1 is 0.606 bits per heavy atom. The molecule has 0 aliphatic heterocycles. The fourth-order valence-electron chi connectivity index (χ4n) is 2.99. The molecule has 0 atom stereocenters. The van der Waals surface area contributed by atoms with E-state index in [-0.39, 0.29) is 11.1 Å². The largest absolute Gasteiger partial charge is 0.493 e. The Morgan fingerprint density at radius 3 is 1.33 bits per heavy atom. The Labute approximate surface area is 193 Å². The summed E-state index contributed by atoms with van der Waals surface area (Å²) in [7, 11) is 4.35. The van der Waals surface area contributed by atoms with E-state index in [0.717, 1.165) is 0 Å². The first-order chi connectivity index (χ1) is 15.9. The highest BCUT2D eigenvalue weighted by atomic mass is 16.5. The van der Waals surface area contributed by atoms with Gasteiger partial charge in [-0.3, -0.25) is 20.4 Å². The molecule has 180 valence electrons. The van der Waals surface area contributed by atoms with Crippen molar-refractivity contribution in [3.63, 3.8) is 0 Å². The molecule has 0 saturated heterocycles. The fraction of sp³-hybridized carbons (Fsp3) is 0.391. The number of hydrazine groups is 1. The minimum atomic E-state index is -0.580. The summed E-state index contributed by atoms with van der Waals surface area (Å²) in [6.45, 7) is 6.62. The number of hydrogen-bond donors (Lipinski definition) is 2. The van der Waals surface area contributed by atoms with Crippen LogP contribution in [0.2, 0.25) is 0 Å². The zero-order chi connectivity index (χ0) is 24.4. The van der Waals surface area contributed by atoms with Crippen molar-refractivity contribution in [2.75, 3.05) is 41.2 Å². The van der Waals surface area contributed by atoms with Crippen LogP contribution in [0, 0.1) is 0 Å². The molecule has 0 fully saturated rings. The van der Waals surface area contributed by atoms with Crippen molar-refractivity contribution in [1.29, 1.82) is 0 Å². The Hall–Kier alpha value is -3.82. The zero-order valence-corrected chi connectivity index (χ0v) is 19.7. The topological polar surface area (TPSA) is 114 Å². The van der Waals surface area contributed by atoms with Crippen molar-refractivity contribution < 1.29 is 38.0 Å². The van der Waals surface area contributed by atoms with Gasteiger partial charge in [0.25, 0.3) is 11.8 Å². The molecular formula is C23H30N2O8. The maximum Gasteiger partial charge on any atom is 0.269 e. The average molecular weight is 462 g/mol. The molecule has 0 heterocycles. The van der Waals surface area contributed by atoms with Crippen LogP contribution in [-0.2, 0) is 0 Å². The van der Waals surface area contributed by atoms with Gasteiger partial charge >= 0.3 is 0 Å². The summed E-state index contributed by atoms with van der Waals surface area (Å²) < 4.78 is 32.7. The van der Waals surface area contributed by atoms with Crippen molar-refractivity contribution in [2.45, 2.75) is 20.8 Å². The highest BCUT2D eigenvalue weighted by Gasteiger charge is 2.20. The van der Waals surface area contributed by atoms with Crippen molar-refractivity contribution >= 4 is 11.8 Å².